The van der Waals surface area contributed by atoms with Crippen LogP contribution in [0, 0.1) is 0 Å². The first-order valence-corrected chi connectivity index (χ1v) is 7.29. The van der Waals surface area contributed by atoms with Crippen molar-refractivity contribution in [1.82, 2.24) is 20.2 Å². The van der Waals surface area contributed by atoms with Crippen LogP contribution < -0.4 is 10.6 Å². The van der Waals surface area contributed by atoms with Gasteiger partial charge in [0.25, 0.3) is 0 Å². The van der Waals surface area contributed by atoms with E-state index in [1.807, 2.05) is 12.4 Å². The predicted molar refractivity (Wildman–Crippen MR) is 76.4 cm³/mol. The van der Waals surface area contributed by atoms with Gasteiger partial charge in [0.1, 0.15) is 0 Å². The van der Waals surface area contributed by atoms with Gasteiger partial charge in [-0.15, -0.1) is 0 Å². The second kappa shape index (κ2) is 5.84. The first kappa shape index (κ1) is 12.8. The van der Waals surface area contributed by atoms with Crippen LogP contribution in [0.3, 0.4) is 0 Å². The number of nitrogens with one attached hydrogen (secondary N) is 2. The van der Waals surface area contributed by atoms with Crippen molar-refractivity contribution in [3.63, 3.8) is 0 Å². The number of rotatable bonds is 4. The molecule has 1 saturated carbocycles. The van der Waals surface area contributed by atoms with E-state index in [0.717, 1.165) is 32.1 Å². The Balaban J connectivity index is 1.49. The zero-order valence-electron chi connectivity index (χ0n) is 11.6. The van der Waals surface area contributed by atoms with E-state index in [9.17, 15) is 0 Å². The summed E-state index contributed by atoms with van der Waals surface area (Å²) >= 11 is 0. The molecule has 2 fully saturated rings. The van der Waals surface area contributed by atoms with Crippen LogP contribution in [0.4, 0.5) is 5.95 Å². The summed E-state index contributed by atoms with van der Waals surface area (Å²) in [7, 11) is 2.16. The first-order valence-electron chi connectivity index (χ1n) is 7.29. The van der Waals surface area contributed by atoms with Crippen LogP contribution in [0.1, 0.15) is 30.7 Å². The molecule has 2 heterocycles. The van der Waals surface area contributed by atoms with Gasteiger partial charge in [-0.2, -0.15) is 0 Å². The van der Waals surface area contributed by atoms with Crippen LogP contribution in [0.5, 0.6) is 0 Å². The second-order valence-electron chi connectivity index (χ2n) is 5.76. The second-order valence-corrected chi connectivity index (χ2v) is 5.76. The number of aromatic nitrogens is 2. The van der Waals surface area contributed by atoms with Crippen molar-refractivity contribution >= 4 is 5.95 Å². The highest BCUT2D eigenvalue weighted by Crippen LogP contribution is 2.35. The zero-order chi connectivity index (χ0) is 13.1. The molecule has 2 N–H and O–H groups in total. The van der Waals surface area contributed by atoms with Crippen LogP contribution in [0.25, 0.3) is 0 Å². The summed E-state index contributed by atoms with van der Waals surface area (Å²) in [6.07, 6.45) is 7.92. The van der Waals surface area contributed by atoms with E-state index in [-0.39, 0.29) is 0 Å². The normalized spacial score (nSPS) is 25.0. The van der Waals surface area contributed by atoms with E-state index in [2.05, 4.69) is 32.5 Å². The highest BCUT2D eigenvalue weighted by Gasteiger charge is 2.20. The summed E-state index contributed by atoms with van der Waals surface area (Å²) in [6.45, 7) is 4.15. The molecule has 1 saturated heterocycles. The maximum absolute atomic E-state index is 4.42. The topological polar surface area (TPSA) is 53.1 Å². The Hall–Kier alpha value is -1.20. The largest absolute Gasteiger partial charge is 0.353 e. The van der Waals surface area contributed by atoms with Crippen molar-refractivity contribution in [2.75, 3.05) is 38.5 Å². The van der Waals surface area contributed by atoms with Crippen molar-refractivity contribution in [3.05, 3.63) is 18.0 Å². The van der Waals surface area contributed by atoms with Gasteiger partial charge in [0.2, 0.25) is 5.95 Å². The van der Waals surface area contributed by atoms with E-state index in [4.69, 9.17) is 0 Å². The van der Waals surface area contributed by atoms with Crippen molar-refractivity contribution in [3.8, 4) is 0 Å². The molecule has 0 radical (unpaired) electrons. The van der Waals surface area contributed by atoms with Gasteiger partial charge >= 0.3 is 0 Å². The standard InChI is InChI=1S/C14H23N5/c1-19-6-5-15-13(10-19)9-18-14-16-7-12(8-17-14)11-3-2-4-11/h7-8,11,13,15H,2-6,9-10H2,1H3,(H,16,17,18). The van der Waals surface area contributed by atoms with Gasteiger partial charge in [-0.3, -0.25) is 0 Å². The Morgan fingerprint density at radius 3 is 2.79 bits per heavy atom. The van der Waals surface area contributed by atoms with E-state index in [0.29, 0.717) is 12.0 Å². The maximum atomic E-state index is 4.42. The van der Waals surface area contributed by atoms with E-state index >= 15 is 0 Å². The summed E-state index contributed by atoms with van der Waals surface area (Å²) < 4.78 is 0. The average molecular weight is 261 g/mol. The van der Waals surface area contributed by atoms with Crippen LogP contribution in [-0.4, -0.2) is 54.1 Å². The van der Waals surface area contributed by atoms with Gasteiger partial charge in [0, 0.05) is 44.6 Å². The molecular formula is C14H23N5. The summed E-state index contributed by atoms with van der Waals surface area (Å²) in [5.74, 6) is 1.46. The molecule has 0 spiro atoms. The molecule has 3 rings (SSSR count). The summed E-state index contributed by atoms with van der Waals surface area (Å²) in [4.78, 5) is 11.2. The highest BCUT2D eigenvalue weighted by molar-refractivity contribution is 5.27. The van der Waals surface area contributed by atoms with Gasteiger partial charge in [0.05, 0.1) is 0 Å². The number of anilines is 1. The Kier molecular flexibility index (Phi) is 3.94. The number of piperazine rings is 1. The van der Waals surface area contributed by atoms with Gasteiger partial charge < -0.3 is 15.5 Å². The lowest BCUT2D eigenvalue weighted by atomic mass is 9.81. The molecule has 1 aromatic heterocycles. The number of nitrogens with zero attached hydrogens (tertiary/aromatic N) is 3. The third-order valence-electron chi connectivity index (χ3n) is 4.21. The SMILES string of the molecule is CN1CCNC(CNc2ncc(C3CCC3)cn2)C1. The fourth-order valence-electron chi connectivity index (χ4n) is 2.72. The summed E-state index contributed by atoms with van der Waals surface area (Å²) in [5, 5.41) is 6.83. The number of likely N-dealkylation sites (N-methyl/N-ethyl adjacent to an activating group) is 1. The van der Waals surface area contributed by atoms with Crippen molar-refractivity contribution in [2.24, 2.45) is 0 Å². The fraction of sp³-hybridized carbons (Fsp3) is 0.714. The molecule has 0 amide bonds. The summed E-state index contributed by atoms with van der Waals surface area (Å²) in [5.41, 5.74) is 1.30. The van der Waals surface area contributed by atoms with Crippen LogP contribution in [-0.2, 0) is 0 Å². The maximum Gasteiger partial charge on any atom is 0.222 e. The number of hydrogen-bond acceptors (Lipinski definition) is 5. The van der Waals surface area contributed by atoms with Crippen molar-refractivity contribution in [1.29, 1.82) is 0 Å². The van der Waals surface area contributed by atoms with Crippen molar-refractivity contribution in [2.45, 2.75) is 31.2 Å². The lowest BCUT2D eigenvalue weighted by molar-refractivity contribution is 0.244. The lowest BCUT2D eigenvalue weighted by Crippen LogP contribution is -2.51. The molecule has 104 valence electrons. The molecule has 5 heteroatoms. The molecule has 1 unspecified atom stereocenters. The molecule has 0 bridgehead atoms. The van der Waals surface area contributed by atoms with Gasteiger partial charge in [-0.1, -0.05) is 6.42 Å². The minimum atomic E-state index is 0.480. The van der Waals surface area contributed by atoms with Gasteiger partial charge in [-0.25, -0.2) is 9.97 Å². The van der Waals surface area contributed by atoms with Crippen LogP contribution in [0.2, 0.25) is 0 Å². The third kappa shape index (κ3) is 3.22. The molecule has 1 atom stereocenters. The zero-order valence-corrected chi connectivity index (χ0v) is 11.6. The van der Waals surface area contributed by atoms with Gasteiger partial charge in [0.15, 0.2) is 0 Å². The monoisotopic (exact) mass is 261 g/mol. The first-order chi connectivity index (χ1) is 9.31. The molecule has 1 aromatic rings. The van der Waals surface area contributed by atoms with Crippen LogP contribution in [0.15, 0.2) is 12.4 Å². The van der Waals surface area contributed by atoms with E-state index in [1.54, 1.807) is 0 Å². The van der Waals surface area contributed by atoms with Crippen LogP contribution >= 0.6 is 0 Å². The summed E-state index contributed by atoms with van der Waals surface area (Å²) in [6, 6.07) is 0.480. The molecule has 2 aliphatic rings. The quantitative estimate of drug-likeness (QED) is 0.849. The fourth-order valence-corrected chi connectivity index (χ4v) is 2.72. The van der Waals surface area contributed by atoms with Gasteiger partial charge in [-0.05, 0) is 31.4 Å². The molecule has 1 aliphatic carbocycles. The Bertz CT molecular complexity index is 401. The Morgan fingerprint density at radius 1 is 1.37 bits per heavy atom. The molecule has 1 aliphatic heterocycles. The van der Waals surface area contributed by atoms with E-state index < -0.39 is 0 Å². The minimum Gasteiger partial charge on any atom is -0.353 e. The third-order valence-corrected chi connectivity index (χ3v) is 4.21. The Labute approximate surface area is 114 Å². The predicted octanol–water partition coefficient (Wildman–Crippen LogP) is 1.06. The molecule has 5 nitrogen and oxygen atoms in total. The smallest absolute Gasteiger partial charge is 0.222 e. The molecule has 0 aromatic carbocycles. The lowest BCUT2D eigenvalue weighted by Gasteiger charge is -2.31. The van der Waals surface area contributed by atoms with Crippen molar-refractivity contribution < 1.29 is 0 Å². The Morgan fingerprint density at radius 2 is 2.16 bits per heavy atom. The molecular weight excluding hydrogens is 238 g/mol. The number of hydrogen-bond donors (Lipinski definition) is 2. The molecule has 19 heavy (non-hydrogen) atoms. The minimum absolute atomic E-state index is 0.480. The van der Waals surface area contributed by atoms with E-state index in [1.165, 1.54) is 24.8 Å². The highest BCUT2D eigenvalue weighted by atomic mass is 15.2. The average Bonchev–Trinajstić information content (AvgIpc) is 2.36.